The molecule has 0 saturated carbocycles. The Morgan fingerprint density at radius 2 is 1.53 bits per heavy atom. The van der Waals surface area contributed by atoms with Crippen LogP contribution >= 0.6 is 0 Å². The zero-order chi connectivity index (χ0) is 11.7. The Morgan fingerprint density at radius 1 is 1.00 bits per heavy atom. The number of carbonyl (C=O) groups is 1. The van der Waals surface area contributed by atoms with Gasteiger partial charge in [-0.15, -0.1) is 0 Å². The first-order valence-electron chi connectivity index (χ1n) is 3.80. The summed E-state index contributed by atoms with van der Waals surface area (Å²) in [6.45, 7) is 0. The molecular weight excluding hydrogens is 219 g/mol. The maximum atomic E-state index is 12.8. The Morgan fingerprint density at radius 3 is 2.00 bits per heavy atom. The number of halogens is 5. The first-order chi connectivity index (χ1) is 6.80. The molecule has 0 bridgehead atoms. The number of benzene rings is 1. The van der Waals surface area contributed by atoms with Crippen molar-refractivity contribution in [1.82, 2.24) is 0 Å². The number of hydrogen-bond donors (Lipinski definition) is 0. The van der Waals surface area contributed by atoms with E-state index in [1.165, 1.54) is 6.07 Å². The van der Waals surface area contributed by atoms with Crippen LogP contribution in [-0.2, 0) is 5.92 Å². The Hall–Kier alpha value is -1.46. The summed E-state index contributed by atoms with van der Waals surface area (Å²) in [4.78, 5) is 10.3. The van der Waals surface area contributed by atoms with Crippen LogP contribution in [0.4, 0.5) is 22.0 Å². The lowest BCUT2D eigenvalue weighted by Gasteiger charge is -2.20. The van der Waals surface area contributed by atoms with Crippen LogP contribution in [0.2, 0.25) is 0 Å². The minimum absolute atomic E-state index is 0.0328. The topological polar surface area (TPSA) is 17.1 Å². The van der Waals surface area contributed by atoms with E-state index in [1.54, 1.807) is 0 Å². The zero-order valence-electron chi connectivity index (χ0n) is 7.18. The maximum absolute atomic E-state index is 12.8. The molecule has 1 aromatic carbocycles. The normalized spacial score (nSPS) is 12.6. The summed E-state index contributed by atoms with van der Waals surface area (Å²) in [5.74, 6) is -5.01. The molecule has 0 saturated heterocycles. The van der Waals surface area contributed by atoms with Crippen molar-refractivity contribution >= 4 is 6.29 Å². The van der Waals surface area contributed by atoms with Crippen molar-refractivity contribution in [2.24, 2.45) is 0 Å². The van der Waals surface area contributed by atoms with Gasteiger partial charge in [0.1, 0.15) is 0 Å². The zero-order valence-corrected chi connectivity index (χ0v) is 7.18. The summed E-state index contributed by atoms with van der Waals surface area (Å²) in [5, 5.41) is 0. The van der Waals surface area contributed by atoms with Crippen molar-refractivity contribution in [2.45, 2.75) is 12.1 Å². The molecule has 0 fully saturated rings. The van der Waals surface area contributed by atoms with E-state index < -0.39 is 23.2 Å². The van der Waals surface area contributed by atoms with Gasteiger partial charge >= 0.3 is 12.1 Å². The van der Waals surface area contributed by atoms with E-state index in [4.69, 9.17) is 0 Å². The van der Waals surface area contributed by atoms with Gasteiger partial charge in [0.2, 0.25) is 0 Å². The predicted octanol–water partition coefficient (Wildman–Crippen LogP) is 3.15. The fourth-order valence-electron chi connectivity index (χ4n) is 1.04. The molecule has 0 amide bonds. The standard InChI is InChI=1S/C9H5F5O/c10-8(11,9(12,13)14)7-4-2-1-3-6(7)5-15/h1-5H. The molecule has 0 aliphatic carbocycles. The molecule has 0 radical (unpaired) electrons. The smallest absolute Gasteiger partial charge is 0.298 e. The minimum Gasteiger partial charge on any atom is -0.298 e. The predicted molar refractivity (Wildman–Crippen MR) is 41.8 cm³/mol. The summed E-state index contributed by atoms with van der Waals surface area (Å²) in [6, 6.07) is 3.71. The highest BCUT2D eigenvalue weighted by Crippen LogP contribution is 2.44. The molecule has 0 N–H and O–H groups in total. The van der Waals surface area contributed by atoms with Gasteiger partial charge < -0.3 is 0 Å². The number of alkyl halides is 5. The van der Waals surface area contributed by atoms with E-state index in [2.05, 4.69) is 0 Å². The highest BCUT2D eigenvalue weighted by Gasteiger charge is 2.59. The molecule has 0 aromatic heterocycles. The molecule has 0 aliphatic rings. The largest absolute Gasteiger partial charge is 0.458 e. The third-order valence-corrected chi connectivity index (χ3v) is 1.78. The second-order valence-corrected chi connectivity index (χ2v) is 2.78. The molecule has 6 heteroatoms. The lowest BCUT2D eigenvalue weighted by atomic mass is 10.0. The highest BCUT2D eigenvalue weighted by atomic mass is 19.4. The molecule has 0 spiro atoms. The molecule has 1 rings (SSSR count). The van der Waals surface area contributed by atoms with Crippen LogP contribution in [0.1, 0.15) is 15.9 Å². The van der Waals surface area contributed by atoms with Gasteiger partial charge in [-0.3, -0.25) is 4.79 Å². The van der Waals surface area contributed by atoms with Crippen LogP contribution in [0.15, 0.2) is 24.3 Å². The Bertz CT molecular complexity index is 369. The molecule has 1 nitrogen and oxygen atoms in total. The first kappa shape index (κ1) is 11.6. The first-order valence-corrected chi connectivity index (χ1v) is 3.80. The van der Waals surface area contributed by atoms with E-state index >= 15 is 0 Å². The summed E-state index contributed by atoms with van der Waals surface area (Å²) in [7, 11) is 0. The van der Waals surface area contributed by atoms with Crippen LogP contribution in [0.5, 0.6) is 0 Å². The van der Waals surface area contributed by atoms with E-state index in [1.807, 2.05) is 0 Å². The van der Waals surface area contributed by atoms with Crippen LogP contribution in [0.25, 0.3) is 0 Å². The molecular formula is C9H5F5O. The van der Waals surface area contributed by atoms with Gasteiger partial charge in [-0.05, 0) is 0 Å². The summed E-state index contributed by atoms with van der Waals surface area (Å²) >= 11 is 0. The van der Waals surface area contributed by atoms with Gasteiger partial charge in [-0.2, -0.15) is 22.0 Å². The molecule has 0 unspecified atom stereocenters. The lowest BCUT2D eigenvalue weighted by molar-refractivity contribution is -0.289. The van der Waals surface area contributed by atoms with Crippen LogP contribution < -0.4 is 0 Å². The van der Waals surface area contributed by atoms with Gasteiger partial charge in [-0.1, -0.05) is 24.3 Å². The second-order valence-electron chi connectivity index (χ2n) is 2.78. The monoisotopic (exact) mass is 224 g/mol. The van der Waals surface area contributed by atoms with E-state index in [0.717, 1.165) is 12.1 Å². The second kappa shape index (κ2) is 3.60. The van der Waals surface area contributed by atoms with Crippen molar-refractivity contribution < 1.29 is 26.7 Å². The number of rotatable bonds is 2. The molecule has 82 valence electrons. The Balaban J connectivity index is 3.32. The van der Waals surface area contributed by atoms with Gasteiger partial charge in [-0.25, -0.2) is 0 Å². The quantitative estimate of drug-likeness (QED) is 0.557. The molecule has 1 aromatic rings. The summed E-state index contributed by atoms with van der Waals surface area (Å²) < 4.78 is 61.6. The maximum Gasteiger partial charge on any atom is 0.458 e. The van der Waals surface area contributed by atoms with Crippen molar-refractivity contribution in [2.75, 3.05) is 0 Å². The number of hydrogen-bond acceptors (Lipinski definition) is 1. The van der Waals surface area contributed by atoms with Crippen molar-refractivity contribution in [1.29, 1.82) is 0 Å². The molecule has 0 atom stereocenters. The third kappa shape index (κ3) is 1.98. The summed E-state index contributed by atoms with van der Waals surface area (Å²) in [6.07, 6.45) is -5.74. The fourth-order valence-corrected chi connectivity index (χ4v) is 1.04. The van der Waals surface area contributed by atoms with Gasteiger partial charge in [0.05, 0.1) is 0 Å². The molecule has 0 aliphatic heterocycles. The molecule has 0 heterocycles. The van der Waals surface area contributed by atoms with E-state index in [9.17, 15) is 26.7 Å². The van der Waals surface area contributed by atoms with Crippen LogP contribution in [0.3, 0.4) is 0 Å². The van der Waals surface area contributed by atoms with Gasteiger partial charge in [0.15, 0.2) is 6.29 Å². The SMILES string of the molecule is O=Cc1ccccc1C(F)(F)C(F)(F)F. The average molecular weight is 224 g/mol. The number of aldehydes is 1. The lowest BCUT2D eigenvalue weighted by Crippen LogP contribution is -2.34. The van der Waals surface area contributed by atoms with Gasteiger partial charge in [0.25, 0.3) is 0 Å². The van der Waals surface area contributed by atoms with Crippen molar-refractivity contribution in [3.05, 3.63) is 35.4 Å². The number of carbonyl (C=O) groups excluding carboxylic acids is 1. The minimum atomic E-state index is -5.70. The van der Waals surface area contributed by atoms with E-state index in [-0.39, 0.29) is 6.29 Å². The van der Waals surface area contributed by atoms with Crippen molar-refractivity contribution in [3.63, 3.8) is 0 Å². The van der Waals surface area contributed by atoms with E-state index in [0.29, 0.717) is 6.07 Å². The van der Waals surface area contributed by atoms with Crippen LogP contribution in [0, 0.1) is 0 Å². The van der Waals surface area contributed by atoms with Crippen molar-refractivity contribution in [3.8, 4) is 0 Å². The van der Waals surface area contributed by atoms with Crippen LogP contribution in [-0.4, -0.2) is 12.5 Å². The fraction of sp³-hybridized carbons (Fsp3) is 0.222. The third-order valence-electron chi connectivity index (χ3n) is 1.78. The average Bonchev–Trinajstić information content (AvgIpc) is 2.16. The van der Waals surface area contributed by atoms with Gasteiger partial charge in [0, 0.05) is 11.1 Å². The summed E-state index contributed by atoms with van der Waals surface area (Å²) in [5.41, 5.74) is -1.99. The molecule has 15 heavy (non-hydrogen) atoms. The highest BCUT2D eigenvalue weighted by molar-refractivity contribution is 5.77. The Kier molecular flexibility index (Phi) is 2.79. The Labute approximate surface area is 81.5 Å².